The van der Waals surface area contributed by atoms with E-state index in [2.05, 4.69) is 0 Å². The lowest BCUT2D eigenvalue weighted by Gasteiger charge is -2.53. The van der Waals surface area contributed by atoms with E-state index >= 15 is 0 Å². The van der Waals surface area contributed by atoms with Crippen molar-refractivity contribution >= 4 is 40.7 Å². The van der Waals surface area contributed by atoms with Crippen molar-refractivity contribution in [2.45, 2.75) is 22.7 Å². The van der Waals surface area contributed by atoms with Gasteiger partial charge in [-0.05, 0) is 18.2 Å². The van der Waals surface area contributed by atoms with Crippen LogP contribution in [0.2, 0.25) is 0 Å². The average Bonchev–Trinajstić information content (AvgIpc) is 3.35. The molecule has 12 heteroatoms. The number of nitro groups is 2. The maximum atomic E-state index is 14.7. The zero-order valence-corrected chi connectivity index (χ0v) is 21.0. The van der Waals surface area contributed by atoms with Crippen LogP contribution >= 0.6 is 23.5 Å². The molecule has 2 aromatic carbocycles. The van der Waals surface area contributed by atoms with Crippen LogP contribution < -0.4 is 0 Å². The molecule has 2 spiro atoms. The van der Waals surface area contributed by atoms with Crippen molar-refractivity contribution in [2.24, 2.45) is 10.8 Å². The molecular formula is C24H25N3O7S2. The Balaban J connectivity index is 1.64. The summed E-state index contributed by atoms with van der Waals surface area (Å²) < 4.78 is 0. The highest BCUT2D eigenvalue weighted by molar-refractivity contribution is 8.00. The minimum Gasteiger partial charge on any atom is -0.391 e. The van der Waals surface area contributed by atoms with Gasteiger partial charge in [0.15, 0.2) is 5.78 Å². The summed E-state index contributed by atoms with van der Waals surface area (Å²) in [5.41, 5.74) is -1.65. The second-order valence-corrected chi connectivity index (χ2v) is 12.0. The highest BCUT2D eigenvalue weighted by Gasteiger charge is 2.69. The van der Waals surface area contributed by atoms with Gasteiger partial charge < -0.3 is 15.1 Å². The van der Waals surface area contributed by atoms with E-state index in [9.17, 15) is 35.2 Å². The molecule has 0 bridgehead atoms. The third kappa shape index (κ3) is 3.66. The lowest BCUT2D eigenvalue weighted by atomic mass is 9.58. The van der Waals surface area contributed by atoms with Gasteiger partial charge in [-0.25, -0.2) is 0 Å². The maximum absolute atomic E-state index is 14.7. The van der Waals surface area contributed by atoms with Crippen LogP contribution in [0.25, 0.3) is 0 Å². The summed E-state index contributed by atoms with van der Waals surface area (Å²) >= 11 is 2.77. The molecular weight excluding hydrogens is 506 g/mol. The first kappa shape index (κ1) is 25.2. The fourth-order valence-corrected chi connectivity index (χ4v) is 9.45. The molecule has 0 radical (unpaired) electrons. The zero-order valence-electron chi connectivity index (χ0n) is 19.4. The van der Waals surface area contributed by atoms with Crippen LogP contribution in [0, 0.1) is 31.1 Å². The molecule has 0 saturated carbocycles. The van der Waals surface area contributed by atoms with Gasteiger partial charge in [-0.15, -0.1) is 23.5 Å². The highest BCUT2D eigenvalue weighted by atomic mass is 32.2. The number of piperidine rings is 1. The van der Waals surface area contributed by atoms with Gasteiger partial charge in [0.25, 0.3) is 11.4 Å². The summed E-state index contributed by atoms with van der Waals surface area (Å²) in [4.78, 5) is 38.5. The Morgan fingerprint density at radius 3 is 1.67 bits per heavy atom. The Morgan fingerprint density at radius 1 is 0.861 bits per heavy atom. The summed E-state index contributed by atoms with van der Waals surface area (Å²) in [6, 6.07) is 12.3. The monoisotopic (exact) mass is 531 g/mol. The smallest absolute Gasteiger partial charge is 0.269 e. The molecule has 2 N–H and O–H groups in total. The number of ketones is 1. The van der Waals surface area contributed by atoms with Crippen LogP contribution in [0.3, 0.4) is 0 Å². The summed E-state index contributed by atoms with van der Waals surface area (Å²) in [5.74, 6) is 0.262. The molecule has 2 aromatic rings. The van der Waals surface area contributed by atoms with Gasteiger partial charge in [0.05, 0.1) is 32.9 Å². The lowest BCUT2D eigenvalue weighted by molar-refractivity contribution is -0.385. The van der Waals surface area contributed by atoms with E-state index in [4.69, 9.17) is 0 Å². The first-order valence-electron chi connectivity index (χ1n) is 11.4. The Kier molecular flexibility index (Phi) is 6.36. The van der Waals surface area contributed by atoms with Gasteiger partial charge in [0, 0.05) is 59.4 Å². The topological polar surface area (TPSA) is 147 Å². The molecule has 190 valence electrons. The maximum Gasteiger partial charge on any atom is 0.269 e. The van der Waals surface area contributed by atoms with Crippen molar-refractivity contribution in [3.8, 4) is 0 Å². The van der Waals surface area contributed by atoms with Crippen LogP contribution in [-0.4, -0.2) is 74.6 Å². The van der Waals surface area contributed by atoms with Crippen molar-refractivity contribution in [3.05, 3.63) is 79.9 Å². The summed E-state index contributed by atoms with van der Waals surface area (Å²) in [6.07, 6.45) is -2.05. The van der Waals surface area contributed by atoms with Crippen molar-refractivity contribution in [2.75, 3.05) is 31.6 Å². The number of likely N-dealkylation sites (tertiary alicyclic amines) is 1. The van der Waals surface area contributed by atoms with Crippen LogP contribution in [0.5, 0.6) is 0 Å². The number of nitro benzene ring substituents is 2. The quantitative estimate of drug-likeness (QED) is 0.446. The minimum atomic E-state index is -1.31. The van der Waals surface area contributed by atoms with E-state index in [0.29, 0.717) is 11.1 Å². The summed E-state index contributed by atoms with van der Waals surface area (Å²) in [6.45, 7) is 0.461. The third-order valence-electron chi connectivity index (χ3n) is 7.64. The number of hydrogen-bond acceptors (Lipinski definition) is 10. The molecule has 3 fully saturated rings. The Morgan fingerprint density at radius 2 is 1.28 bits per heavy atom. The molecule has 0 aliphatic carbocycles. The van der Waals surface area contributed by atoms with Gasteiger partial charge in [-0.3, -0.25) is 25.0 Å². The highest BCUT2D eigenvalue weighted by Crippen LogP contribution is 2.64. The van der Waals surface area contributed by atoms with Crippen molar-refractivity contribution in [3.63, 3.8) is 0 Å². The molecule has 5 rings (SSSR count). The third-order valence-corrected chi connectivity index (χ3v) is 10.7. The normalized spacial score (nSPS) is 34.5. The molecule has 10 nitrogen and oxygen atoms in total. The lowest BCUT2D eigenvalue weighted by Crippen LogP contribution is -2.66. The number of non-ortho nitro benzene ring substituents is 2. The molecule has 3 saturated heterocycles. The first-order valence-corrected chi connectivity index (χ1v) is 13.5. The molecule has 6 unspecified atom stereocenters. The largest absolute Gasteiger partial charge is 0.391 e. The predicted molar refractivity (Wildman–Crippen MR) is 136 cm³/mol. The number of nitrogens with zero attached hydrogens (tertiary/aromatic N) is 3. The first-order chi connectivity index (χ1) is 17.1. The van der Waals surface area contributed by atoms with Crippen LogP contribution in [-0.2, 0) is 4.79 Å². The van der Waals surface area contributed by atoms with Crippen LogP contribution in [0.4, 0.5) is 11.4 Å². The number of aliphatic hydroxyl groups is 2. The average molecular weight is 532 g/mol. The number of carbonyl (C=O) groups excluding carboxylic acids is 1. The Hall–Kier alpha value is -2.51. The van der Waals surface area contributed by atoms with Gasteiger partial charge in [0.1, 0.15) is 0 Å². The molecule has 6 atom stereocenters. The summed E-state index contributed by atoms with van der Waals surface area (Å²) in [7, 11) is 1.83. The number of aliphatic hydroxyl groups excluding tert-OH is 2. The molecule has 3 aliphatic heterocycles. The summed E-state index contributed by atoms with van der Waals surface area (Å²) in [5, 5.41) is 44.4. The van der Waals surface area contributed by atoms with E-state index in [1.54, 1.807) is 24.3 Å². The second-order valence-electron chi connectivity index (χ2n) is 9.74. The van der Waals surface area contributed by atoms with Crippen molar-refractivity contribution < 1.29 is 24.9 Å². The van der Waals surface area contributed by atoms with E-state index < -0.39 is 43.4 Å². The van der Waals surface area contributed by atoms with E-state index in [0.717, 1.165) is 0 Å². The van der Waals surface area contributed by atoms with Gasteiger partial charge in [-0.2, -0.15) is 0 Å². The standard InChI is InChI=1S/C24H25N3O7S2/c1-25-12-23(18(28)10-35-20(23)14-4-2-6-16(8-14)26(31)32)22(30)24(13-25)19(29)11-36-21(24)15-5-3-7-17(9-15)27(33)34/h2-9,18-21,28-29H,10-13H2,1H3. The number of Topliss-reactive ketones (excluding diaryl/α,β-unsaturated/α-hetero) is 1. The number of rotatable bonds is 4. The second kappa shape index (κ2) is 9.10. The number of thioether (sulfide) groups is 2. The molecule has 3 aliphatic rings. The SMILES string of the molecule is CN1CC2(C(=O)C3(C1)C(O)CSC3c1cccc([N+](=O)[O-])c1)C(O)CSC2c1cccc([N+](=O)[O-])c1. The van der Waals surface area contributed by atoms with Gasteiger partial charge in [0.2, 0.25) is 0 Å². The molecule has 0 aromatic heterocycles. The van der Waals surface area contributed by atoms with Gasteiger partial charge >= 0.3 is 0 Å². The van der Waals surface area contributed by atoms with Crippen molar-refractivity contribution in [1.82, 2.24) is 4.90 Å². The van der Waals surface area contributed by atoms with Gasteiger partial charge in [-0.1, -0.05) is 24.3 Å². The number of benzene rings is 2. The van der Waals surface area contributed by atoms with Crippen LogP contribution in [0.1, 0.15) is 21.6 Å². The zero-order chi connectivity index (χ0) is 25.8. The minimum absolute atomic E-state index is 0.0955. The Labute approximate surface area is 215 Å². The van der Waals surface area contributed by atoms with E-state index in [1.807, 2.05) is 11.9 Å². The van der Waals surface area contributed by atoms with E-state index in [-0.39, 0.29) is 41.8 Å². The number of carbonyl (C=O) groups is 1. The molecule has 3 heterocycles. The predicted octanol–water partition coefficient (Wildman–Crippen LogP) is 2.99. The Bertz CT molecular complexity index is 1150. The molecule has 36 heavy (non-hydrogen) atoms. The van der Waals surface area contributed by atoms with Crippen LogP contribution in [0.15, 0.2) is 48.5 Å². The molecule has 0 amide bonds. The fourth-order valence-electron chi connectivity index (χ4n) is 6.15. The number of hydrogen-bond donors (Lipinski definition) is 2. The van der Waals surface area contributed by atoms with E-state index in [1.165, 1.54) is 47.8 Å². The van der Waals surface area contributed by atoms with Crippen molar-refractivity contribution in [1.29, 1.82) is 0 Å². The fraction of sp³-hybridized carbons (Fsp3) is 0.458.